The van der Waals surface area contributed by atoms with E-state index in [4.69, 9.17) is 0 Å². The van der Waals surface area contributed by atoms with Crippen LogP contribution in [-0.4, -0.2) is 54.3 Å². The summed E-state index contributed by atoms with van der Waals surface area (Å²) in [6.07, 6.45) is 3.83. The number of aliphatic carboxylic acids is 1. The van der Waals surface area contributed by atoms with Crippen LogP contribution < -0.4 is 0 Å². The quantitative estimate of drug-likeness (QED) is 0.855. The van der Waals surface area contributed by atoms with E-state index < -0.39 is 22.2 Å². The molecule has 0 radical (unpaired) electrons. The molecule has 1 aliphatic rings. The lowest BCUT2D eigenvalue weighted by Gasteiger charge is -2.30. The summed E-state index contributed by atoms with van der Waals surface area (Å²) in [5.74, 6) is -1.13. The van der Waals surface area contributed by atoms with Gasteiger partial charge in [0.1, 0.15) is 6.04 Å². The van der Waals surface area contributed by atoms with Crippen molar-refractivity contribution in [1.29, 1.82) is 0 Å². The second kappa shape index (κ2) is 7.90. The van der Waals surface area contributed by atoms with Crippen molar-refractivity contribution in [1.82, 2.24) is 8.61 Å². The van der Waals surface area contributed by atoms with Crippen molar-refractivity contribution in [2.45, 2.75) is 38.1 Å². The van der Waals surface area contributed by atoms with Gasteiger partial charge in [-0.2, -0.15) is 17.0 Å². The lowest BCUT2D eigenvalue weighted by atomic mass is 10.1. The highest BCUT2D eigenvalue weighted by Gasteiger charge is 2.35. The van der Waals surface area contributed by atoms with E-state index in [0.29, 0.717) is 13.1 Å². The number of hydrogen-bond acceptors (Lipinski definition) is 3. The average molecular weight is 340 g/mol. The number of nitrogens with zero attached hydrogens (tertiary/aromatic N) is 2. The van der Waals surface area contributed by atoms with Gasteiger partial charge in [0.25, 0.3) is 10.2 Å². The molecule has 1 unspecified atom stereocenters. The number of carboxylic acids is 1. The minimum absolute atomic E-state index is 0.153. The van der Waals surface area contributed by atoms with E-state index in [0.717, 1.165) is 35.6 Å². The van der Waals surface area contributed by atoms with Gasteiger partial charge in [0.05, 0.1) is 0 Å². The monoisotopic (exact) mass is 340 g/mol. The fraction of sp³-hybridized carbons (Fsp3) is 0.562. The highest BCUT2D eigenvalue weighted by molar-refractivity contribution is 7.86. The van der Waals surface area contributed by atoms with Crippen LogP contribution in [-0.2, 0) is 21.4 Å². The van der Waals surface area contributed by atoms with Gasteiger partial charge >= 0.3 is 5.97 Å². The molecule has 0 aliphatic carbocycles. The Labute approximate surface area is 137 Å². The van der Waals surface area contributed by atoms with Crippen molar-refractivity contribution < 1.29 is 18.3 Å². The maximum Gasteiger partial charge on any atom is 0.322 e. The Balaban J connectivity index is 2.18. The first-order chi connectivity index (χ1) is 10.9. The largest absolute Gasteiger partial charge is 0.480 e. The molecular weight excluding hydrogens is 316 g/mol. The zero-order valence-corrected chi connectivity index (χ0v) is 14.2. The maximum atomic E-state index is 12.8. The molecule has 1 heterocycles. The zero-order valence-electron chi connectivity index (χ0n) is 13.4. The van der Waals surface area contributed by atoms with E-state index in [1.165, 1.54) is 11.4 Å². The SMILES string of the molecule is CN(C(Cc1ccccc1)C(=O)O)S(=O)(=O)N1CCCCCC1. The normalized spacial score (nSPS) is 18.5. The van der Waals surface area contributed by atoms with Gasteiger partial charge in [0.2, 0.25) is 0 Å². The molecule has 0 amide bonds. The molecule has 128 valence electrons. The molecule has 1 atom stereocenters. The Morgan fingerprint density at radius 3 is 2.26 bits per heavy atom. The molecule has 7 heteroatoms. The summed E-state index contributed by atoms with van der Waals surface area (Å²) in [5, 5.41) is 9.50. The van der Waals surface area contributed by atoms with Gasteiger partial charge in [-0.1, -0.05) is 43.2 Å². The van der Waals surface area contributed by atoms with Crippen molar-refractivity contribution in [2.24, 2.45) is 0 Å². The predicted molar refractivity (Wildman–Crippen MR) is 88.3 cm³/mol. The van der Waals surface area contributed by atoms with Crippen molar-refractivity contribution in [3.63, 3.8) is 0 Å². The van der Waals surface area contributed by atoms with Crippen LogP contribution in [0.25, 0.3) is 0 Å². The van der Waals surface area contributed by atoms with Crippen molar-refractivity contribution >= 4 is 16.2 Å². The van der Waals surface area contributed by atoms with Gasteiger partial charge in [-0.05, 0) is 24.8 Å². The van der Waals surface area contributed by atoms with Crippen LogP contribution in [0.5, 0.6) is 0 Å². The summed E-state index contributed by atoms with van der Waals surface area (Å²) in [5.41, 5.74) is 0.804. The number of likely N-dealkylation sites (N-methyl/N-ethyl adjacent to an activating group) is 1. The predicted octanol–water partition coefficient (Wildman–Crippen LogP) is 1.73. The van der Waals surface area contributed by atoms with Crippen LogP contribution in [0.4, 0.5) is 0 Å². The maximum absolute atomic E-state index is 12.8. The molecule has 2 rings (SSSR count). The topological polar surface area (TPSA) is 77.9 Å². The molecule has 1 saturated heterocycles. The van der Waals surface area contributed by atoms with Gasteiger partial charge in [0.15, 0.2) is 0 Å². The average Bonchev–Trinajstić information content (AvgIpc) is 2.82. The van der Waals surface area contributed by atoms with E-state index in [2.05, 4.69) is 0 Å². The summed E-state index contributed by atoms with van der Waals surface area (Å²) >= 11 is 0. The minimum Gasteiger partial charge on any atom is -0.480 e. The van der Waals surface area contributed by atoms with E-state index in [1.807, 2.05) is 30.3 Å². The highest BCUT2D eigenvalue weighted by Crippen LogP contribution is 2.19. The van der Waals surface area contributed by atoms with Crippen molar-refractivity contribution in [2.75, 3.05) is 20.1 Å². The Morgan fingerprint density at radius 1 is 1.17 bits per heavy atom. The molecule has 1 aromatic carbocycles. The van der Waals surface area contributed by atoms with Gasteiger partial charge in [-0.25, -0.2) is 0 Å². The molecule has 1 aliphatic heterocycles. The first-order valence-electron chi connectivity index (χ1n) is 7.93. The third-order valence-electron chi connectivity index (χ3n) is 4.25. The van der Waals surface area contributed by atoms with E-state index in [9.17, 15) is 18.3 Å². The van der Waals surface area contributed by atoms with Gasteiger partial charge in [-0.3, -0.25) is 4.79 Å². The van der Waals surface area contributed by atoms with Gasteiger partial charge < -0.3 is 5.11 Å². The second-order valence-corrected chi connectivity index (χ2v) is 7.87. The molecule has 23 heavy (non-hydrogen) atoms. The zero-order chi connectivity index (χ0) is 16.9. The standard InChI is InChI=1S/C16H24N2O4S/c1-17(23(21,22)18-11-7-2-3-8-12-18)15(16(19)20)13-14-9-5-4-6-10-14/h4-6,9-10,15H,2-3,7-8,11-13H2,1H3,(H,19,20). The fourth-order valence-corrected chi connectivity index (χ4v) is 4.39. The van der Waals surface area contributed by atoms with Crippen molar-refractivity contribution in [3.8, 4) is 0 Å². The minimum atomic E-state index is -3.76. The summed E-state index contributed by atoms with van der Waals surface area (Å²) in [7, 11) is -2.40. The number of hydrogen-bond donors (Lipinski definition) is 1. The van der Waals surface area contributed by atoms with E-state index in [1.54, 1.807) is 0 Å². The van der Waals surface area contributed by atoms with Crippen LogP contribution in [0, 0.1) is 0 Å². The fourth-order valence-electron chi connectivity index (χ4n) is 2.82. The Bertz CT molecular complexity index is 610. The Kier molecular flexibility index (Phi) is 6.15. The van der Waals surface area contributed by atoms with E-state index >= 15 is 0 Å². The summed E-state index contributed by atoms with van der Waals surface area (Å²) in [6.45, 7) is 0.925. The molecule has 1 aromatic rings. The molecule has 0 spiro atoms. The molecule has 1 N–H and O–H groups in total. The van der Waals surface area contributed by atoms with E-state index in [-0.39, 0.29) is 6.42 Å². The number of benzene rings is 1. The molecular formula is C16H24N2O4S. The van der Waals surface area contributed by atoms with Gasteiger partial charge in [-0.15, -0.1) is 0 Å². The van der Waals surface area contributed by atoms with Gasteiger partial charge in [0, 0.05) is 20.1 Å². The Hall–Kier alpha value is -1.44. The van der Waals surface area contributed by atoms with Crippen LogP contribution in [0.3, 0.4) is 0 Å². The second-order valence-electron chi connectivity index (χ2n) is 5.88. The number of carbonyl (C=O) groups is 1. The highest BCUT2D eigenvalue weighted by atomic mass is 32.2. The molecule has 1 fully saturated rings. The van der Waals surface area contributed by atoms with Crippen LogP contribution in [0.15, 0.2) is 30.3 Å². The van der Waals surface area contributed by atoms with Crippen molar-refractivity contribution in [3.05, 3.63) is 35.9 Å². The molecule has 6 nitrogen and oxygen atoms in total. The molecule has 0 bridgehead atoms. The first kappa shape index (κ1) is 17.9. The lowest BCUT2D eigenvalue weighted by Crippen LogP contribution is -2.50. The first-order valence-corrected chi connectivity index (χ1v) is 9.32. The smallest absolute Gasteiger partial charge is 0.322 e. The third-order valence-corrected chi connectivity index (χ3v) is 6.25. The number of rotatable bonds is 6. The lowest BCUT2D eigenvalue weighted by molar-refractivity contribution is -0.141. The summed E-state index contributed by atoms with van der Waals surface area (Å²) in [6, 6.07) is 7.99. The third kappa shape index (κ3) is 4.53. The Morgan fingerprint density at radius 2 is 1.74 bits per heavy atom. The van der Waals surface area contributed by atoms with Crippen LogP contribution in [0.1, 0.15) is 31.2 Å². The molecule has 0 saturated carbocycles. The van der Waals surface area contributed by atoms with Crippen LogP contribution >= 0.6 is 0 Å². The number of carboxylic acid groups (broad SMARTS) is 1. The molecule has 0 aromatic heterocycles. The van der Waals surface area contributed by atoms with Crippen LogP contribution in [0.2, 0.25) is 0 Å². The summed E-state index contributed by atoms with van der Waals surface area (Å²) < 4.78 is 28.0. The summed E-state index contributed by atoms with van der Waals surface area (Å²) in [4.78, 5) is 11.6.